The Hall–Kier alpha value is -2.03. The average Bonchev–Trinajstić information content (AvgIpc) is 3.02. The number of carbonyl (C=O) groups excluding carboxylic acids is 2. The molecule has 3 N–H and O–H groups in total. The summed E-state index contributed by atoms with van der Waals surface area (Å²) in [6, 6.07) is 0. The van der Waals surface area contributed by atoms with Gasteiger partial charge >= 0.3 is 13.8 Å². The molecule has 1 amide bonds. The van der Waals surface area contributed by atoms with Crippen LogP contribution in [0.3, 0.4) is 0 Å². The smallest absolute Gasteiger partial charge is 0.463 e. The van der Waals surface area contributed by atoms with Gasteiger partial charge in [-0.25, -0.2) is 4.57 Å². The molecule has 10 heteroatoms. The molecule has 0 saturated heterocycles. The monoisotopic (exact) mass is 655 g/mol. The summed E-state index contributed by atoms with van der Waals surface area (Å²) in [6.45, 7) is 3.34. The SMILES string of the molecule is CCCCC/C=C\C/C=C\C/C=C\C/C=C\CCCCCC(=O)NCCOP(=O)(O)OCC(O)COC(=O)CCCCCCC. The van der Waals surface area contributed by atoms with Crippen molar-refractivity contribution < 1.29 is 37.9 Å². The number of aliphatic hydroxyl groups is 1. The predicted molar refractivity (Wildman–Crippen MR) is 183 cm³/mol. The molecule has 2 atom stereocenters. The lowest BCUT2D eigenvalue weighted by Gasteiger charge is -2.15. The fourth-order valence-electron chi connectivity index (χ4n) is 4.13. The Bertz CT molecular complexity index is 887. The van der Waals surface area contributed by atoms with Crippen LogP contribution < -0.4 is 5.32 Å². The van der Waals surface area contributed by atoms with Crippen molar-refractivity contribution in [2.45, 2.75) is 136 Å². The number of aliphatic hydroxyl groups excluding tert-OH is 1. The van der Waals surface area contributed by atoms with Crippen LogP contribution in [0.15, 0.2) is 48.6 Å². The number of nitrogens with one attached hydrogen (secondary N) is 1. The first-order chi connectivity index (χ1) is 21.8. The van der Waals surface area contributed by atoms with Crippen molar-refractivity contribution in [3.05, 3.63) is 48.6 Å². The largest absolute Gasteiger partial charge is 0.472 e. The lowest BCUT2D eigenvalue weighted by molar-refractivity contribution is -0.147. The fraction of sp³-hybridized carbons (Fsp3) is 0.714. The van der Waals surface area contributed by atoms with Crippen LogP contribution in [0.4, 0.5) is 0 Å². The average molecular weight is 656 g/mol. The standard InChI is InChI=1S/C35H62NO8P/c1-3-5-7-9-10-11-12-13-14-15-16-17-18-19-20-21-22-24-25-27-34(38)36-29-30-43-45(40,41)44-32-33(37)31-42-35(39)28-26-23-8-6-4-2/h10-11,13-14,16-17,19-20,33,37H,3-9,12,15,18,21-32H2,1-2H3,(H,36,38)(H,40,41)/b11-10-,14-13-,17-16-,20-19-. The Balaban J connectivity index is 3.70. The van der Waals surface area contributed by atoms with Gasteiger partial charge in [0.25, 0.3) is 0 Å². The van der Waals surface area contributed by atoms with E-state index in [0.717, 1.165) is 77.0 Å². The molecule has 0 aliphatic rings. The van der Waals surface area contributed by atoms with E-state index in [1.54, 1.807) is 0 Å². The molecule has 0 radical (unpaired) electrons. The Labute approximate surface area is 273 Å². The summed E-state index contributed by atoms with van der Waals surface area (Å²) < 4.78 is 26.5. The van der Waals surface area contributed by atoms with Crippen LogP contribution in [0, 0.1) is 0 Å². The first kappa shape index (κ1) is 43.0. The van der Waals surface area contributed by atoms with Crippen LogP contribution in [-0.4, -0.2) is 54.3 Å². The van der Waals surface area contributed by atoms with E-state index < -0.39 is 26.5 Å². The maximum absolute atomic E-state index is 12.0. The van der Waals surface area contributed by atoms with Gasteiger partial charge in [0.1, 0.15) is 12.7 Å². The van der Waals surface area contributed by atoms with Gasteiger partial charge < -0.3 is 20.1 Å². The third-order valence-corrected chi connectivity index (χ3v) is 7.75. The van der Waals surface area contributed by atoms with E-state index in [0.29, 0.717) is 6.42 Å². The molecule has 0 heterocycles. The van der Waals surface area contributed by atoms with Crippen molar-refractivity contribution in [2.75, 3.05) is 26.4 Å². The molecular formula is C35H62NO8P. The van der Waals surface area contributed by atoms with Gasteiger partial charge in [0, 0.05) is 19.4 Å². The second-order valence-corrected chi connectivity index (χ2v) is 12.6. The number of esters is 1. The summed E-state index contributed by atoms with van der Waals surface area (Å²) in [5.74, 6) is -0.566. The zero-order valence-electron chi connectivity index (χ0n) is 28.0. The Morgan fingerprint density at radius 1 is 0.689 bits per heavy atom. The Morgan fingerprint density at radius 3 is 1.82 bits per heavy atom. The molecule has 0 spiro atoms. The van der Waals surface area contributed by atoms with Crippen molar-refractivity contribution in [2.24, 2.45) is 0 Å². The summed E-state index contributed by atoms with van der Waals surface area (Å²) >= 11 is 0. The highest BCUT2D eigenvalue weighted by molar-refractivity contribution is 7.47. The van der Waals surface area contributed by atoms with Gasteiger partial charge in [-0.2, -0.15) is 0 Å². The maximum atomic E-state index is 12.0. The quantitative estimate of drug-likeness (QED) is 0.0294. The third-order valence-electron chi connectivity index (χ3n) is 6.76. The number of amides is 1. The van der Waals surface area contributed by atoms with Crippen LogP contribution in [0.5, 0.6) is 0 Å². The summed E-state index contributed by atoms with van der Waals surface area (Å²) in [4.78, 5) is 33.4. The molecular weight excluding hydrogens is 593 g/mol. The molecule has 0 aliphatic heterocycles. The molecule has 0 aromatic heterocycles. The molecule has 0 saturated carbocycles. The number of rotatable bonds is 31. The van der Waals surface area contributed by atoms with Crippen LogP contribution in [-0.2, 0) is 27.9 Å². The van der Waals surface area contributed by atoms with E-state index >= 15 is 0 Å². The van der Waals surface area contributed by atoms with E-state index in [1.165, 1.54) is 25.7 Å². The highest BCUT2D eigenvalue weighted by Crippen LogP contribution is 2.42. The van der Waals surface area contributed by atoms with Gasteiger partial charge in [0.2, 0.25) is 5.91 Å². The molecule has 0 aliphatic carbocycles. The highest BCUT2D eigenvalue weighted by atomic mass is 31.2. The van der Waals surface area contributed by atoms with Gasteiger partial charge in [-0.1, -0.05) is 107 Å². The van der Waals surface area contributed by atoms with Crippen molar-refractivity contribution in [3.8, 4) is 0 Å². The zero-order chi connectivity index (χ0) is 33.3. The van der Waals surface area contributed by atoms with E-state index in [1.807, 2.05) is 0 Å². The molecule has 2 unspecified atom stereocenters. The Kier molecular flexibility index (Phi) is 30.5. The third kappa shape index (κ3) is 33.2. The first-order valence-corrected chi connectivity index (χ1v) is 18.6. The molecule has 9 nitrogen and oxygen atoms in total. The topological polar surface area (TPSA) is 131 Å². The van der Waals surface area contributed by atoms with E-state index in [4.69, 9.17) is 13.8 Å². The van der Waals surface area contributed by atoms with E-state index in [9.17, 15) is 24.2 Å². The minimum Gasteiger partial charge on any atom is -0.463 e. The maximum Gasteiger partial charge on any atom is 0.472 e. The minimum absolute atomic E-state index is 0.0629. The summed E-state index contributed by atoms with van der Waals surface area (Å²) in [6.07, 6.45) is 33.7. The molecule has 260 valence electrons. The van der Waals surface area contributed by atoms with Crippen LogP contribution >= 0.6 is 7.82 Å². The van der Waals surface area contributed by atoms with Gasteiger partial charge in [0.15, 0.2) is 0 Å². The van der Waals surface area contributed by atoms with Gasteiger partial charge in [0.05, 0.1) is 13.2 Å². The van der Waals surface area contributed by atoms with Crippen molar-refractivity contribution in [3.63, 3.8) is 0 Å². The molecule has 0 bridgehead atoms. The molecule has 0 fully saturated rings. The number of phosphoric ester groups is 1. The van der Waals surface area contributed by atoms with Crippen LogP contribution in [0.1, 0.15) is 129 Å². The van der Waals surface area contributed by atoms with Crippen molar-refractivity contribution in [1.82, 2.24) is 5.32 Å². The number of unbranched alkanes of at least 4 members (excludes halogenated alkanes) is 10. The van der Waals surface area contributed by atoms with E-state index in [-0.39, 0.29) is 32.1 Å². The van der Waals surface area contributed by atoms with Gasteiger partial charge in [-0.3, -0.25) is 18.6 Å². The molecule has 45 heavy (non-hydrogen) atoms. The zero-order valence-corrected chi connectivity index (χ0v) is 28.9. The molecule has 0 aromatic rings. The second-order valence-electron chi connectivity index (χ2n) is 11.1. The van der Waals surface area contributed by atoms with Gasteiger partial charge in [-0.15, -0.1) is 0 Å². The summed E-state index contributed by atoms with van der Waals surface area (Å²) in [5.41, 5.74) is 0. The first-order valence-electron chi connectivity index (χ1n) is 17.1. The predicted octanol–water partition coefficient (Wildman–Crippen LogP) is 8.43. The van der Waals surface area contributed by atoms with E-state index in [2.05, 4.69) is 67.8 Å². The number of allylic oxidation sites excluding steroid dienone is 8. The van der Waals surface area contributed by atoms with Crippen molar-refractivity contribution >= 4 is 19.7 Å². The number of hydrogen-bond donors (Lipinski definition) is 3. The minimum atomic E-state index is -4.41. The number of hydrogen-bond acceptors (Lipinski definition) is 7. The summed E-state index contributed by atoms with van der Waals surface area (Å²) in [5, 5.41) is 12.5. The van der Waals surface area contributed by atoms with Gasteiger partial charge in [-0.05, 0) is 57.8 Å². The van der Waals surface area contributed by atoms with Crippen LogP contribution in [0.2, 0.25) is 0 Å². The lowest BCUT2D eigenvalue weighted by atomic mass is 10.1. The normalized spacial score (nSPS) is 14.1. The van der Waals surface area contributed by atoms with Crippen LogP contribution in [0.25, 0.3) is 0 Å². The van der Waals surface area contributed by atoms with Crippen molar-refractivity contribution in [1.29, 1.82) is 0 Å². The lowest BCUT2D eigenvalue weighted by Crippen LogP contribution is -2.27. The second kappa shape index (κ2) is 31.9. The highest BCUT2D eigenvalue weighted by Gasteiger charge is 2.23. The fourth-order valence-corrected chi connectivity index (χ4v) is 4.88. The number of ether oxygens (including phenoxy) is 1. The number of carbonyl (C=O) groups is 2. The molecule has 0 aromatic carbocycles. The number of phosphoric acid groups is 1. The Morgan fingerprint density at radius 2 is 1.20 bits per heavy atom. The summed E-state index contributed by atoms with van der Waals surface area (Å²) in [7, 11) is -4.41. The molecule has 0 rings (SSSR count).